The number of aliphatic carboxylic acids is 2. The van der Waals surface area contributed by atoms with E-state index in [1.165, 1.54) is 0 Å². The van der Waals surface area contributed by atoms with Crippen molar-refractivity contribution >= 4 is 17.8 Å². The largest absolute Gasteiger partial charge is 0.481 e. The standard InChI is InChI=1S/C28H35NO5/c1-19(27(31)32)16-24(17-20-12-14-22(15-13-20)21-8-4-2-5-9-21)29-26(30)18-25(28(33)34)23-10-6-3-7-11-23/h2,4-5,8-9,12-15,19,23-25H,3,6-7,10-11,16-18H2,1H3,(H,29,30)(H,31,32)(H,33,34)/t19-,24?,25+/m1/s1. The molecule has 1 aliphatic carbocycles. The summed E-state index contributed by atoms with van der Waals surface area (Å²) >= 11 is 0. The van der Waals surface area contributed by atoms with Crippen LogP contribution in [0.3, 0.4) is 0 Å². The number of hydrogen-bond acceptors (Lipinski definition) is 3. The molecule has 3 N–H and O–H groups in total. The smallest absolute Gasteiger partial charge is 0.307 e. The van der Waals surface area contributed by atoms with Gasteiger partial charge < -0.3 is 15.5 Å². The number of carboxylic acids is 2. The Kier molecular flexibility index (Phi) is 9.25. The molecule has 1 aliphatic rings. The molecule has 0 aliphatic heterocycles. The van der Waals surface area contributed by atoms with Crippen molar-refractivity contribution < 1.29 is 24.6 Å². The lowest BCUT2D eigenvalue weighted by molar-refractivity contribution is -0.146. The molecule has 0 spiro atoms. The van der Waals surface area contributed by atoms with Crippen LogP contribution in [0.1, 0.15) is 57.4 Å². The van der Waals surface area contributed by atoms with Gasteiger partial charge >= 0.3 is 11.9 Å². The number of amides is 1. The quantitative estimate of drug-likeness (QED) is 0.425. The Hall–Kier alpha value is -3.15. The number of nitrogens with one attached hydrogen (secondary N) is 1. The molecule has 1 saturated carbocycles. The first-order valence-electron chi connectivity index (χ1n) is 12.2. The minimum absolute atomic E-state index is 0.0268. The van der Waals surface area contributed by atoms with Crippen molar-refractivity contribution in [2.75, 3.05) is 0 Å². The van der Waals surface area contributed by atoms with E-state index in [0.29, 0.717) is 6.42 Å². The van der Waals surface area contributed by atoms with Crippen LogP contribution in [0.2, 0.25) is 0 Å². The molecular formula is C28H35NO5. The van der Waals surface area contributed by atoms with Crippen molar-refractivity contribution in [1.29, 1.82) is 0 Å². The SMILES string of the molecule is C[C@H](CC(Cc1ccc(-c2ccccc2)cc1)NC(=O)C[C@H](C(=O)O)C1CCCCC1)C(=O)O. The third kappa shape index (κ3) is 7.44. The van der Waals surface area contributed by atoms with Gasteiger partial charge in [0, 0.05) is 12.5 Å². The Morgan fingerprint density at radius 2 is 1.50 bits per heavy atom. The van der Waals surface area contributed by atoms with Gasteiger partial charge in [-0.3, -0.25) is 14.4 Å². The van der Waals surface area contributed by atoms with E-state index in [9.17, 15) is 24.6 Å². The number of carbonyl (C=O) groups is 3. The summed E-state index contributed by atoms with van der Waals surface area (Å²) in [6.45, 7) is 1.63. The van der Waals surface area contributed by atoms with Gasteiger partial charge in [0.25, 0.3) is 0 Å². The molecule has 1 amide bonds. The molecule has 0 radical (unpaired) electrons. The van der Waals surface area contributed by atoms with Gasteiger partial charge in [0.05, 0.1) is 11.8 Å². The monoisotopic (exact) mass is 465 g/mol. The highest BCUT2D eigenvalue weighted by Crippen LogP contribution is 2.32. The van der Waals surface area contributed by atoms with Gasteiger partial charge in [0.2, 0.25) is 5.91 Å². The second-order valence-corrected chi connectivity index (χ2v) is 9.55. The molecule has 34 heavy (non-hydrogen) atoms. The van der Waals surface area contributed by atoms with Gasteiger partial charge in [0.15, 0.2) is 0 Å². The molecule has 6 heteroatoms. The predicted molar refractivity (Wildman–Crippen MR) is 131 cm³/mol. The van der Waals surface area contributed by atoms with Gasteiger partial charge in [0.1, 0.15) is 0 Å². The molecule has 0 bridgehead atoms. The zero-order valence-electron chi connectivity index (χ0n) is 19.8. The second kappa shape index (κ2) is 12.4. The molecule has 3 rings (SSSR count). The summed E-state index contributed by atoms with van der Waals surface area (Å²) in [7, 11) is 0. The van der Waals surface area contributed by atoms with Crippen LogP contribution in [-0.2, 0) is 20.8 Å². The van der Waals surface area contributed by atoms with Gasteiger partial charge in [-0.25, -0.2) is 0 Å². The van der Waals surface area contributed by atoms with Crippen molar-refractivity contribution in [3.63, 3.8) is 0 Å². The third-order valence-electron chi connectivity index (χ3n) is 6.91. The fourth-order valence-electron chi connectivity index (χ4n) is 4.95. The zero-order valence-corrected chi connectivity index (χ0v) is 19.8. The highest BCUT2D eigenvalue weighted by molar-refractivity contribution is 5.82. The molecule has 0 aromatic heterocycles. The number of rotatable bonds is 11. The van der Waals surface area contributed by atoms with E-state index in [-0.39, 0.29) is 30.7 Å². The van der Waals surface area contributed by atoms with Gasteiger partial charge in [-0.05, 0) is 48.3 Å². The minimum atomic E-state index is -0.922. The molecule has 6 nitrogen and oxygen atoms in total. The number of carboxylic acid groups (broad SMARTS) is 2. The van der Waals surface area contributed by atoms with E-state index in [2.05, 4.69) is 5.32 Å². The molecule has 1 fully saturated rings. The van der Waals surface area contributed by atoms with E-state index >= 15 is 0 Å². The molecular weight excluding hydrogens is 430 g/mol. The highest BCUT2D eigenvalue weighted by atomic mass is 16.4. The Morgan fingerprint density at radius 1 is 0.882 bits per heavy atom. The Morgan fingerprint density at radius 3 is 2.09 bits per heavy atom. The maximum absolute atomic E-state index is 12.9. The maximum atomic E-state index is 12.9. The van der Waals surface area contributed by atoms with Crippen molar-refractivity contribution in [3.05, 3.63) is 60.2 Å². The van der Waals surface area contributed by atoms with Crippen molar-refractivity contribution in [3.8, 4) is 11.1 Å². The normalized spacial score (nSPS) is 16.9. The summed E-state index contributed by atoms with van der Waals surface area (Å²) in [5.41, 5.74) is 3.19. The summed E-state index contributed by atoms with van der Waals surface area (Å²) in [6.07, 6.45) is 5.52. The first kappa shape index (κ1) is 25.5. The molecule has 182 valence electrons. The van der Waals surface area contributed by atoms with Crippen LogP contribution in [0.4, 0.5) is 0 Å². The summed E-state index contributed by atoms with van der Waals surface area (Å²) in [4.78, 5) is 36.2. The van der Waals surface area contributed by atoms with E-state index in [0.717, 1.165) is 48.8 Å². The Labute approximate surface area is 201 Å². The molecule has 0 heterocycles. The number of benzene rings is 2. The lowest BCUT2D eigenvalue weighted by Gasteiger charge is -2.28. The maximum Gasteiger partial charge on any atom is 0.307 e. The van der Waals surface area contributed by atoms with E-state index in [4.69, 9.17) is 0 Å². The first-order valence-corrected chi connectivity index (χ1v) is 12.2. The third-order valence-corrected chi connectivity index (χ3v) is 6.91. The van der Waals surface area contributed by atoms with Gasteiger partial charge in [-0.15, -0.1) is 0 Å². The van der Waals surface area contributed by atoms with Crippen molar-refractivity contribution in [2.45, 2.75) is 64.3 Å². The number of hydrogen-bond donors (Lipinski definition) is 3. The number of carbonyl (C=O) groups excluding carboxylic acids is 1. The van der Waals surface area contributed by atoms with Gasteiger partial charge in [-0.1, -0.05) is 80.8 Å². The fraction of sp³-hybridized carbons (Fsp3) is 0.464. The Balaban J connectivity index is 1.68. The predicted octanol–water partition coefficient (Wildman–Crippen LogP) is 5.16. The average Bonchev–Trinajstić information content (AvgIpc) is 2.83. The van der Waals surface area contributed by atoms with Gasteiger partial charge in [-0.2, -0.15) is 0 Å². The topological polar surface area (TPSA) is 104 Å². The Bertz CT molecular complexity index is 951. The van der Waals surface area contributed by atoms with Crippen LogP contribution >= 0.6 is 0 Å². The summed E-state index contributed by atoms with van der Waals surface area (Å²) in [6, 6.07) is 17.7. The molecule has 0 saturated heterocycles. The van der Waals surface area contributed by atoms with Crippen LogP contribution in [0.15, 0.2) is 54.6 Å². The van der Waals surface area contributed by atoms with Crippen LogP contribution in [-0.4, -0.2) is 34.1 Å². The van der Waals surface area contributed by atoms with Crippen molar-refractivity contribution in [2.24, 2.45) is 17.8 Å². The second-order valence-electron chi connectivity index (χ2n) is 9.55. The van der Waals surface area contributed by atoms with Crippen LogP contribution in [0.5, 0.6) is 0 Å². The van der Waals surface area contributed by atoms with E-state index in [1.54, 1.807) is 6.92 Å². The lowest BCUT2D eigenvalue weighted by atomic mass is 9.78. The van der Waals surface area contributed by atoms with Crippen LogP contribution < -0.4 is 5.32 Å². The van der Waals surface area contributed by atoms with E-state index in [1.807, 2.05) is 54.6 Å². The van der Waals surface area contributed by atoms with Crippen molar-refractivity contribution in [1.82, 2.24) is 5.32 Å². The average molecular weight is 466 g/mol. The van der Waals surface area contributed by atoms with E-state index < -0.39 is 23.8 Å². The van der Waals surface area contributed by atoms with Crippen LogP contribution in [0.25, 0.3) is 11.1 Å². The molecule has 1 unspecified atom stereocenters. The highest BCUT2D eigenvalue weighted by Gasteiger charge is 2.32. The molecule has 2 aromatic carbocycles. The zero-order chi connectivity index (χ0) is 24.5. The lowest BCUT2D eigenvalue weighted by Crippen LogP contribution is -2.41. The first-order chi connectivity index (χ1) is 16.3. The molecule has 2 aromatic rings. The fourth-order valence-corrected chi connectivity index (χ4v) is 4.95. The minimum Gasteiger partial charge on any atom is -0.481 e. The van der Waals surface area contributed by atoms with Crippen LogP contribution in [0, 0.1) is 17.8 Å². The molecule has 3 atom stereocenters. The summed E-state index contributed by atoms with van der Waals surface area (Å²) < 4.78 is 0. The summed E-state index contributed by atoms with van der Waals surface area (Å²) in [5.74, 6) is -3.44. The summed E-state index contributed by atoms with van der Waals surface area (Å²) in [5, 5.41) is 22.1.